The second-order valence-corrected chi connectivity index (χ2v) is 18.0. The topological polar surface area (TPSA) is 88.4 Å². The molecule has 7 aliphatic rings. The van der Waals surface area contributed by atoms with Gasteiger partial charge in [-0.15, -0.1) is 0 Å². The summed E-state index contributed by atoms with van der Waals surface area (Å²) in [5.74, 6) is 2.73. The van der Waals surface area contributed by atoms with E-state index in [-0.39, 0.29) is 29.0 Å². The Hall–Kier alpha value is -0.240. The minimum atomic E-state index is -1.23. The summed E-state index contributed by atoms with van der Waals surface area (Å²) in [7, 11) is 0. The number of fused-ring (bicyclic) bond motifs is 5. The molecule has 2 saturated heterocycles. The number of rotatable bonds is 2. The number of aliphatic hydroxyl groups is 3. The highest BCUT2D eigenvalue weighted by atomic mass is 16.7. The van der Waals surface area contributed by atoms with Crippen LogP contribution in [0.3, 0.4) is 0 Å². The first-order valence-electron chi connectivity index (χ1n) is 17.0. The SMILES string of the molecule is CC1(C)CC[C@]23CC[C@]4(C)[C@H](CC[C@@H]5[C@@]6(C)CC[C@H](O[C@H]7OC[C@H](O)[C@H](O)[C@H]7O)C(C)(C)[C@@H]6CC[C@]54C)[C@H]2[C@@H]1OC3. The molecule has 0 aromatic rings. The van der Waals surface area contributed by atoms with Gasteiger partial charge in [-0.1, -0.05) is 48.5 Å². The van der Waals surface area contributed by atoms with Crippen molar-refractivity contribution in [2.75, 3.05) is 13.2 Å². The van der Waals surface area contributed by atoms with E-state index in [0.29, 0.717) is 34.2 Å². The molecule has 0 unspecified atom stereocenters. The van der Waals surface area contributed by atoms with Gasteiger partial charge in [0.15, 0.2) is 6.29 Å². The highest BCUT2D eigenvalue weighted by Crippen LogP contribution is 2.78. The predicted octanol–water partition coefficient (Wildman–Crippen LogP) is 5.70. The molecule has 3 N–H and O–H groups in total. The first-order chi connectivity index (χ1) is 19.1. The van der Waals surface area contributed by atoms with E-state index in [2.05, 4.69) is 48.5 Å². The summed E-state index contributed by atoms with van der Waals surface area (Å²) in [4.78, 5) is 0. The highest BCUT2D eigenvalue weighted by Gasteiger charge is 2.73. The first kappa shape index (κ1) is 29.5. The fourth-order valence-electron chi connectivity index (χ4n) is 13.2. The van der Waals surface area contributed by atoms with E-state index < -0.39 is 24.6 Å². The van der Waals surface area contributed by atoms with E-state index in [1.165, 1.54) is 51.4 Å². The Bertz CT molecular complexity index is 1040. The third-order valence-corrected chi connectivity index (χ3v) is 15.8. The summed E-state index contributed by atoms with van der Waals surface area (Å²) >= 11 is 0. The van der Waals surface area contributed by atoms with E-state index in [4.69, 9.17) is 14.2 Å². The molecule has 14 atom stereocenters. The van der Waals surface area contributed by atoms with Crippen LogP contribution in [0.2, 0.25) is 0 Å². The van der Waals surface area contributed by atoms with Crippen LogP contribution in [-0.4, -0.2) is 65.3 Å². The Morgan fingerprint density at radius 2 is 1.41 bits per heavy atom. The molecule has 41 heavy (non-hydrogen) atoms. The molecule has 0 amide bonds. The second-order valence-electron chi connectivity index (χ2n) is 18.0. The van der Waals surface area contributed by atoms with Gasteiger partial charge in [-0.05, 0) is 120 Å². The van der Waals surface area contributed by atoms with E-state index in [9.17, 15) is 15.3 Å². The average Bonchev–Trinajstić information content (AvgIpc) is 3.24. The summed E-state index contributed by atoms with van der Waals surface area (Å²) < 4.78 is 18.9. The van der Waals surface area contributed by atoms with Crippen LogP contribution in [0.25, 0.3) is 0 Å². The monoisotopic (exact) mass is 574 g/mol. The van der Waals surface area contributed by atoms with Crippen LogP contribution in [0, 0.1) is 56.2 Å². The van der Waals surface area contributed by atoms with Gasteiger partial charge >= 0.3 is 0 Å². The average molecular weight is 575 g/mol. The largest absolute Gasteiger partial charge is 0.388 e. The summed E-state index contributed by atoms with van der Waals surface area (Å²) in [6.45, 7) is 18.7. The van der Waals surface area contributed by atoms with Crippen molar-refractivity contribution in [2.24, 2.45) is 56.2 Å². The molecule has 0 radical (unpaired) electrons. The van der Waals surface area contributed by atoms with Gasteiger partial charge in [0, 0.05) is 0 Å². The van der Waals surface area contributed by atoms with Crippen molar-refractivity contribution in [3.05, 3.63) is 0 Å². The fourth-order valence-corrected chi connectivity index (χ4v) is 13.2. The molecular formula is C35H58O6. The Balaban J connectivity index is 1.15. The van der Waals surface area contributed by atoms with E-state index >= 15 is 0 Å². The Kier molecular flexibility index (Phi) is 6.58. The quantitative estimate of drug-likeness (QED) is 0.367. The second kappa shape index (κ2) is 9.16. The Morgan fingerprint density at radius 1 is 0.683 bits per heavy atom. The zero-order chi connectivity index (χ0) is 29.4. The molecular weight excluding hydrogens is 516 g/mol. The Morgan fingerprint density at radius 3 is 2.17 bits per heavy atom. The van der Waals surface area contributed by atoms with Crippen molar-refractivity contribution in [2.45, 2.75) is 149 Å². The smallest absolute Gasteiger partial charge is 0.186 e. The van der Waals surface area contributed by atoms with Gasteiger partial charge in [0.05, 0.1) is 25.4 Å². The van der Waals surface area contributed by atoms with Crippen molar-refractivity contribution >= 4 is 0 Å². The molecule has 2 heterocycles. The molecule has 6 heteroatoms. The van der Waals surface area contributed by atoms with Crippen LogP contribution < -0.4 is 0 Å². The highest BCUT2D eigenvalue weighted by molar-refractivity contribution is 5.21. The number of hydrogen-bond donors (Lipinski definition) is 3. The lowest BCUT2D eigenvalue weighted by molar-refractivity contribution is -0.312. The van der Waals surface area contributed by atoms with Crippen LogP contribution in [0.4, 0.5) is 0 Å². The zero-order valence-electron chi connectivity index (χ0n) is 26.8. The number of aliphatic hydroxyl groups excluding tert-OH is 3. The number of hydrogen-bond acceptors (Lipinski definition) is 6. The summed E-state index contributed by atoms with van der Waals surface area (Å²) in [5.41, 5.74) is 1.58. The predicted molar refractivity (Wildman–Crippen MR) is 157 cm³/mol. The molecule has 234 valence electrons. The fraction of sp³-hybridized carbons (Fsp3) is 1.00. The molecule has 2 aliphatic heterocycles. The van der Waals surface area contributed by atoms with Crippen LogP contribution in [-0.2, 0) is 14.2 Å². The molecule has 5 aliphatic carbocycles. The van der Waals surface area contributed by atoms with Crippen LogP contribution in [0.5, 0.6) is 0 Å². The molecule has 2 bridgehead atoms. The molecule has 0 aromatic carbocycles. The summed E-state index contributed by atoms with van der Waals surface area (Å²) in [6, 6.07) is 0. The lowest BCUT2D eigenvalue weighted by Gasteiger charge is -2.73. The van der Waals surface area contributed by atoms with Gasteiger partial charge in [0.25, 0.3) is 0 Å². The standard InChI is InChI=1S/C35H58O6/c1-30(2)14-16-35-17-15-33(6)20(25(35)28(30)40-19-35)8-9-23-32(5)12-11-24(31(3,4)22(32)10-13-34(23,33)7)41-29-27(38)26(37)21(36)18-39-29/h20-29,36-38H,8-19H2,1-7H3/t20-,21+,22+,23-,24+,25+,26+,27-,28+,29-,32+,33-,34-,35-/m1/s1. The van der Waals surface area contributed by atoms with Gasteiger partial charge in [-0.3, -0.25) is 0 Å². The lowest BCUT2D eigenvalue weighted by Crippen LogP contribution is -2.68. The summed E-state index contributed by atoms with van der Waals surface area (Å²) in [5, 5.41) is 30.8. The van der Waals surface area contributed by atoms with Crippen molar-refractivity contribution in [1.82, 2.24) is 0 Å². The zero-order valence-corrected chi connectivity index (χ0v) is 26.8. The minimum Gasteiger partial charge on any atom is -0.388 e. The van der Waals surface area contributed by atoms with Crippen LogP contribution in [0.1, 0.15) is 113 Å². The maximum Gasteiger partial charge on any atom is 0.186 e. The summed E-state index contributed by atoms with van der Waals surface area (Å²) in [6.07, 6.45) is 8.59. The minimum absolute atomic E-state index is 0.0112. The lowest BCUT2D eigenvalue weighted by atomic mass is 9.31. The molecule has 0 aromatic heterocycles. The van der Waals surface area contributed by atoms with Gasteiger partial charge in [0.2, 0.25) is 0 Å². The molecule has 0 spiro atoms. The van der Waals surface area contributed by atoms with Crippen molar-refractivity contribution in [3.8, 4) is 0 Å². The van der Waals surface area contributed by atoms with Crippen LogP contribution >= 0.6 is 0 Å². The van der Waals surface area contributed by atoms with E-state index in [1.807, 2.05) is 0 Å². The normalized spacial score (nSPS) is 59.0. The molecule has 5 saturated carbocycles. The van der Waals surface area contributed by atoms with Crippen LogP contribution in [0.15, 0.2) is 0 Å². The van der Waals surface area contributed by atoms with Crippen molar-refractivity contribution in [1.29, 1.82) is 0 Å². The Labute approximate surface area is 248 Å². The molecule has 6 nitrogen and oxygen atoms in total. The number of ether oxygens (including phenoxy) is 3. The van der Waals surface area contributed by atoms with E-state index in [0.717, 1.165) is 31.3 Å². The van der Waals surface area contributed by atoms with Gasteiger partial charge in [-0.25, -0.2) is 0 Å². The van der Waals surface area contributed by atoms with Crippen molar-refractivity contribution in [3.63, 3.8) is 0 Å². The maximum atomic E-state index is 10.6. The molecule has 7 rings (SSSR count). The van der Waals surface area contributed by atoms with Crippen molar-refractivity contribution < 1.29 is 29.5 Å². The van der Waals surface area contributed by atoms with E-state index in [1.54, 1.807) is 0 Å². The third kappa shape index (κ3) is 3.76. The maximum absolute atomic E-state index is 10.6. The molecule has 7 fully saturated rings. The first-order valence-corrected chi connectivity index (χ1v) is 17.0. The van der Waals surface area contributed by atoms with Gasteiger partial charge in [-0.2, -0.15) is 0 Å². The third-order valence-electron chi connectivity index (χ3n) is 15.8. The van der Waals surface area contributed by atoms with Gasteiger partial charge in [0.1, 0.15) is 18.3 Å². The van der Waals surface area contributed by atoms with Gasteiger partial charge < -0.3 is 29.5 Å².